The Kier molecular flexibility index (Phi) is 4.08. The van der Waals surface area contributed by atoms with Gasteiger partial charge in [-0.1, -0.05) is 13.3 Å². The zero-order valence-corrected chi connectivity index (χ0v) is 8.67. The van der Waals surface area contributed by atoms with Gasteiger partial charge >= 0.3 is 0 Å². The van der Waals surface area contributed by atoms with Gasteiger partial charge in [0.05, 0.1) is 6.61 Å². The molecule has 0 amide bonds. The zero-order valence-electron chi connectivity index (χ0n) is 7.09. The second-order valence-electron chi connectivity index (χ2n) is 2.52. The lowest BCUT2D eigenvalue weighted by Gasteiger charge is -2.02. The Balaban J connectivity index is 2.37. The third-order valence-corrected chi connectivity index (χ3v) is 1.92. The van der Waals surface area contributed by atoms with Crippen LogP contribution in [0.5, 0.6) is 5.88 Å². The van der Waals surface area contributed by atoms with Crippen molar-refractivity contribution in [1.29, 1.82) is 0 Å². The first kappa shape index (κ1) is 9.52. The molecule has 1 aromatic rings. The van der Waals surface area contributed by atoms with E-state index in [1.165, 1.54) is 0 Å². The van der Waals surface area contributed by atoms with Gasteiger partial charge in [-0.3, -0.25) is 0 Å². The van der Waals surface area contributed by atoms with Gasteiger partial charge in [-0.25, -0.2) is 4.98 Å². The van der Waals surface area contributed by atoms with Crippen LogP contribution in [0.25, 0.3) is 0 Å². The van der Waals surface area contributed by atoms with E-state index in [-0.39, 0.29) is 0 Å². The van der Waals surface area contributed by atoms with Crippen molar-refractivity contribution in [3.8, 4) is 5.88 Å². The lowest BCUT2D eigenvalue weighted by atomic mass is 10.4. The van der Waals surface area contributed by atoms with Crippen LogP contribution in [0.4, 0.5) is 0 Å². The van der Waals surface area contributed by atoms with Crippen molar-refractivity contribution in [2.75, 3.05) is 6.61 Å². The Morgan fingerprint density at radius 1 is 1.50 bits per heavy atom. The standard InChI is InChI=1S/C9H12BrNO/c1-2-3-6-12-9-5-4-8(10)7-11-9/h4-5,7H,2-3,6H2,1H3. The predicted octanol–water partition coefficient (Wildman–Crippen LogP) is 3.02. The van der Waals surface area contributed by atoms with Crippen molar-refractivity contribution in [3.05, 3.63) is 22.8 Å². The molecular formula is C9H12BrNO. The van der Waals surface area contributed by atoms with E-state index >= 15 is 0 Å². The van der Waals surface area contributed by atoms with E-state index in [0.29, 0.717) is 5.88 Å². The summed E-state index contributed by atoms with van der Waals surface area (Å²) in [5.41, 5.74) is 0. The molecule has 0 atom stereocenters. The summed E-state index contributed by atoms with van der Waals surface area (Å²) in [7, 11) is 0. The largest absolute Gasteiger partial charge is 0.478 e. The molecule has 0 aromatic carbocycles. The summed E-state index contributed by atoms with van der Waals surface area (Å²) >= 11 is 3.31. The molecule has 1 aromatic heterocycles. The van der Waals surface area contributed by atoms with E-state index in [2.05, 4.69) is 27.8 Å². The van der Waals surface area contributed by atoms with Gasteiger partial charge in [0, 0.05) is 16.7 Å². The molecule has 0 bridgehead atoms. The molecule has 0 N–H and O–H groups in total. The quantitative estimate of drug-likeness (QED) is 0.741. The summed E-state index contributed by atoms with van der Waals surface area (Å²) < 4.78 is 6.35. The van der Waals surface area contributed by atoms with E-state index < -0.39 is 0 Å². The Labute approximate surface area is 81.1 Å². The highest BCUT2D eigenvalue weighted by molar-refractivity contribution is 9.10. The predicted molar refractivity (Wildman–Crippen MR) is 52.3 cm³/mol. The number of ether oxygens (including phenoxy) is 1. The summed E-state index contributed by atoms with van der Waals surface area (Å²) in [5, 5.41) is 0. The highest BCUT2D eigenvalue weighted by atomic mass is 79.9. The van der Waals surface area contributed by atoms with E-state index in [0.717, 1.165) is 23.9 Å². The Morgan fingerprint density at radius 3 is 2.92 bits per heavy atom. The number of unbranched alkanes of at least 4 members (excludes halogenated alkanes) is 1. The molecule has 0 aliphatic heterocycles. The van der Waals surface area contributed by atoms with Crippen molar-refractivity contribution in [2.24, 2.45) is 0 Å². The maximum absolute atomic E-state index is 5.37. The lowest BCUT2D eigenvalue weighted by Crippen LogP contribution is -1.97. The lowest BCUT2D eigenvalue weighted by molar-refractivity contribution is 0.297. The topological polar surface area (TPSA) is 22.1 Å². The van der Waals surface area contributed by atoms with Crippen molar-refractivity contribution in [2.45, 2.75) is 19.8 Å². The highest BCUT2D eigenvalue weighted by Crippen LogP contribution is 2.12. The first-order valence-corrected chi connectivity index (χ1v) is 4.86. The Morgan fingerprint density at radius 2 is 2.33 bits per heavy atom. The number of hydrogen-bond donors (Lipinski definition) is 0. The highest BCUT2D eigenvalue weighted by Gasteiger charge is 1.93. The van der Waals surface area contributed by atoms with Gasteiger partial charge in [-0.05, 0) is 28.4 Å². The van der Waals surface area contributed by atoms with Crippen LogP contribution < -0.4 is 4.74 Å². The molecule has 1 rings (SSSR count). The maximum atomic E-state index is 5.37. The van der Waals surface area contributed by atoms with Crippen LogP contribution in [-0.2, 0) is 0 Å². The minimum Gasteiger partial charge on any atom is -0.478 e. The average molecular weight is 230 g/mol. The maximum Gasteiger partial charge on any atom is 0.213 e. The van der Waals surface area contributed by atoms with Gasteiger partial charge in [0.25, 0.3) is 0 Å². The molecule has 0 unspecified atom stereocenters. The summed E-state index contributed by atoms with van der Waals surface area (Å²) in [6, 6.07) is 3.79. The normalized spacial score (nSPS) is 9.83. The van der Waals surface area contributed by atoms with Crippen LogP contribution in [0.1, 0.15) is 19.8 Å². The molecule has 3 heteroatoms. The van der Waals surface area contributed by atoms with Crippen LogP contribution in [0.3, 0.4) is 0 Å². The number of hydrogen-bond acceptors (Lipinski definition) is 2. The van der Waals surface area contributed by atoms with Gasteiger partial charge < -0.3 is 4.74 Å². The number of pyridine rings is 1. The summed E-state index contributed by atoms with van der Waals surface area (Å²) in [4.78, 5) is 4.08. The van der Waals surface area contributed by atoms with Crippen LogP contribution >= 0.6 is 15.9 Å². The van der Waals surface area contributed by atoms with E-state index in [4.69, 9.17) is 4.74 Å². The van der Waals surface area contributed by atoms with Gasteiger partial charge in [0.15, 0.2) is 0 Å². The molecule has 1 heterocycles. The molecule has 0 saturated carbocycles. The van der Waals surface area contributed by atoms with Crippen LogP contribution in [0.2, 0.25) is 0 Å². The fourth-order valence-electron chi connectivity index (χ4n) is 0.769. The second kappa shape index (κ2) is 5.14. The van der Waals surface area contributed by atoms with Crippen molar-refractivity contribution < 1.29 is 4.74 Å². The number of nitrogens with zero attached hydrogens (tertiary/aromatic N) is 1. The van der Waals surface area contributed by atoms with E-state index in [9.17, 15) is 0 Å². The molecular weight excluding hydrogens is 218 g/mol. The fraction of sp³-hybridized carbons (Fsp3) is 0.444. The molecule has 0 radical (unpaired) electrons. The fourth-order valence-corrected chi connectivity index (χ4v) is 1.00. The Bertz CT molecular complexity index is 222. The number of rotatable bonds is 4. The monoisotopic (exact) mass is 229 g/mol. The van der Waals surface area contributed by atoms with Crippen LogP contribution in [0, 0.1) is 0 Å². The molecule has 66 valence electrons. The molecule has 0 fully saturated rings. The van der Waals surface area contributed by atoms with Crippen molar-refractivity contribution >= 4 is 15.9 Å². The first-order chi connectivity index (χ1) is 5.83. The van der Waals surface area contributed by atoms with Crippen molar-refractivity contribution in [1.82, 2.24) is 4.98 Å². The SMILES string of the molecule is CCCCOc1ccc(Br)cn1. The van der Waals surface area contributed by atoms with E-state index in [1.807, 2.05) is 12.1 Å². The Hall–Kier alpha value is -0.570. The van der Waals surface area contributed by atoms with Crippen molar-refractivity contribution in [3.63, 3.8) is 0 Å². The smallest absolute Gasteiger partial charge is 0.213 e. The summed E-state index contributed by atoms with van der Waals surface area (Å²) in [6.07, 6.45) is 3.97. The molecule has 0 spiro atoms. The van der Waals surface area contributed by atoms with Crippen LogP contribution in [0.15, 0.2) is 22.8 Å². The minimum atomic E-state index is 0.701. The molecule has 2 nitrogen and oxygen atoms in total. The molecule has 0 saturated heterocycles. The van der Waals surface area contributed by atoms with Gasteiger partial charge in [-0.15, -0.1) is 0 Å². The third-order valence-electron chi connectivity index (χ3n) is 1.45. The summed E-state index contributed by atoms with van der Waals surface area (Å²) in [6.45, 7) is 2.89. The van der Waals surface area contributed by atoms with E-state index in [1.54, 1.807) is 6.20 Å². The zero-order chi connectivity index (χ0) is 8.81. The average Bonchev–Trinajstić information content (AvgIpc) is 2.09. The number of halogens is 1. The number of aromatic nitrogens is 1. The molecule has 12 heavy (non-hydrogen) atoms. The molecule has 0 aliphatic rings. The van der Waals surface area contributed by atoms with Gasteiger partial charge in [0.2, 0.25) is 5.88 Å². The summed E-state index contributed by atoms with van der Waals surface area (Å²) in [5.74, 6) is 0.701. The first-order valence-electron chi connectivity index (χ1n) is 4.07. The second-order valence-corrected chi connectivity index (χ2v) is 3.43. The van der Waals surface area contributed by atoms with Gasteiger partial charge in [-0.2, -0.15) is 0 Å². The third kappa shape index (κ3) is 3.22. The molecule has 0 aliphatic carbocycles. The van der Waals surface area contributed by atoms with Gasteiger partial charge in [0.1, 0.15) is 0 Å². The minimum absolute atomic E-state index is 0.701. The van der Waals surface area contributed by atoms with Crippen LogP contribution in [-0.4, -0.2) is 11.6 Å².